The maximum absolute atomic E-state index is 12.5. The van der Waals surface area contributed by atoms with Crippen molar-refractivity contribution in [2.24, 2.45) is 0 Å². The molecule has 6 heteroatoms. The Balaban J connectivity index is 2.20. The highest BCUT2D eigenvalue weighted by molar-refractivity contribution is 7.99. The molecule has 3 nitrogen and oxygen atoms in total. The molecule has 0 atom stereocenters. The van der Waals surface area contributed by atoms with Crippen molar-refractivity contribution in [2.75, 3.05) is 5.75 Å². The summed E-state index contributed by atoms with van der Waals surface area (Å²) in [7, 11) is 0. The van der Waals surface area contributed by atoms with E-state index in [2.05, 4.69) is 15.9 Å². The minimum Gasteiger partial charge on any atom is -0.301 e. The summed E-state index contributed by atoms with van der Waals surface area (Å²) < 4.78 is 0. The molecule has 2 aromatic heterocycles. The topological polar surface area (TPSA) is 45.8 Å². The van der Waals surface area contributed by atoms with Crippen LogP contribution >= 0.6 is 34.7 Å². The summed E-state index contributed by atoms with van der Waals surface area (Å²) in [5.74, 6) is 3.00. The van der Waals surface area contributed by atoms with E-state index in [1.54, 1.807) is 0 Å². The lowest BCUT2D eigenvalue weighted by Crippen LogP contribution is -2.08. The van der Waals surface area contributed by atoms with Crippen molar-refractivity contribution in [2.45, 2.75) is 12.1 Å². The molecular formula is C16H11ClN2OS2. The molecule has 3 rings (SSSR count). The Hall–Kier alpha value is -1.74. The van der Waals surface area contributed by atoms with E-state index in [1.807, 2.05) is 31.2 Å². The van der Waals surface area contributed by atoms with Crippen molar-refractivity contribution < 1.29 is 0 Å². The number of H-pyrrole nitrogens is 1. The molecule has 0 amide bonds. The Bertz CT molecular complexity index is 936. The second-order valence-corrected chi connectivity index (χ2v) is 7.19. The first kappa shape index (κ1) is 15.2. The number of nitrogens with one attached hydrogen (secondary N) is 1. The van der Waals surface area contributed by atoms with Gasteiger partial charge >= 0.3 is 0 Å². The molecule has 2 heterocycles. The highest BCUT2D eigenvalue weighted by Gasteiger charge is 2.16. The zero-order chi connectivity index (χ0) is 15.7. The maximum atomic E-state index is 12.5. The molecule has 0 bridgehead atoms. The minimum atomic E-state index is -0.140. The molecule has 1 N–H and O–H groups in total. The van der Waals surface area contributed by atoms with E-state index in [4.69, 9.17) is 18.0 Å². The van der Waals surface area contributed by atoms with Gasteiger partial charge in [-0.15, -0.1) is 17.8 Å². The first-order valence-corrected chi connectivity index (χ1v) is 8.64. The Labute approximate surface area is 140 Å². The molecule has 0 spiro atoms. The molecule has 0 unspecified atom stereocenters. The zero-order valence-corrected chi connectivity index (χ0v) is 14.0. The minimum absolute atomic E-state index is 0.140. The van der Waals surface area contributed by atoms with Crippen LogP contribution in [-0.2, 0) is 0 Å². The number of hydrogen-bond donors (Lipinski definition) is 1. The third-order valence-electron chi connectivity index (χ3n) is 3.14. The van der Waals surface area contributed by atoms with Crippen LogP contribution in [0.25, 0.3) is 21.3 Å². The van der Waals surface area contributed by atoms with Gasteiger partial charge in [0.05, 0.1) is 11.1 Å². The quantitative estimate of drug-likeness (QED) is 0.436. The number of fused-ring (bicyclic) bond motifs is 1. The molecule has 0 aliphatic rings. The van der Waals surface area contributed by atoms with Gasteiger partial charge in [0.15, 0.2) is 5.16 Å². The van der Waals surface area contributed by atoms with Crippen LogP contribution < -0.4 is 5.56 Å². The maximum Gasteiger partial charge on any atom is 0.260 e. The van der Waals surface area contributed by atoms with Crippen molar-refractivity contribution in [1.82, 2.24) is 9.97 Å². The fraction of sp³-hybridized carbons (Fsp3) is 0.125. The van der Waals surface area contributed by atoms with Gasteiger partial charge in [0.2, 0.25) is 0 Å². The van der Waals surface area contributed by atoms with E-state index < -0.39 is 0 Å². The average Bonchev–Trinajstić information content (AvgIpc) is 2.82. The van der Waals surface area contributed by atoms with Crippen LogP contribution in [-0.4, -0.2) is 15.7 Å². The SMILES string of the molecule is C#CCSc1nc2sc(C)c(-c3ccc(Cl)cc3)c2c(=O)[nH]1. The Morgan fingerprint density at radius 1 is 1.41 bits per heavy atom. The number of thiophene rings is 1. The molecule has 0 radical (unpaired) electrons. The predicted octanol–water partition coefficient (Wildman–Crippen LogP) is 4.34. The summed E-state index contributed by atoms with van der Waals surface area (Å²) in [6.45, 7) is 1.99. The van der Waals surface area contributed by atoms with Crippen LogP contribution in [0.4, 0.5) is 0 Å². The number of nitrogens with zero attached hydrogens (tertiary/aromatic N) is 1. The van der Waals surface area contributed by atoms with E-state index >= 15 is 0 Å². The third-order valence-corrected chi connectivity index (χ3v) is 5.17. The number of hydrogen-bond acceptors (Lipinski definition) is 4. The average molecular weight is 347 g/mol. The Kier molecular flexibility index (Phi) is 4.25. The molecule has 0 aliphatic carbocycles. The summed E-state index contributed by atoms with van der Waals surface area (Å²) >= 11 is 8.79. The van der Waals surface area contributed by atoms with E-state index in [0.717, 1.165) is 20.8 Å². The normalized spacial score (nSPS) is 10.8. The Morgan fingerprint density at radius 2 is 2.14 bits per heavy atom. The van der Waals surface area contributed by atoms with Crippen LogP contribution in [0.2, 0.25) is 5.02 Å². The number of rotatable bonds is 3. The monoisotopic (exact) mass is 346 g/mol. The van der Waals surface area contributed by atoms with Gasteiger partial charge in [0.1, 0.15) is 4.83 Å². The molecule has 3 aromatic rings. The van der Waals surface area contributed by atoms with Gasteiger partial charge in [-0.3, -0.25) is 4.79 Å². The van der Waals surface area contributed by atoms with Gasteiger partial charge in [-0.25, -0.2) is 4.98 Å². The molecule has 1 aromatic carbocycles. The van der Waals surface area contributed by atoms with Crippen molar-refractivity contribution >= 4 is 44.9 Å². The number of thioether (sulfide) groups is 1. The van der Waals surface area contributed by atoms with Crippen molar-refractivity contribution in [1.29, 1.82) is 0 Å². The first-order valence-electron chi connectivity index (χ1n) is 6.45. The van der Waals surface area contributed by atoms with Crippen LogP contribution in [0.1, 0.15) is 4.88 Å². The lowest BCUT2D eigenvalue weighted by atomic mass is 10.0. The number of benzene rings is 1. The fourth-order valence-corrected chi connectivity index (χ4v) is 4.01. The number of aromatic amines is 1. The zero-order valence-electron chi connectivity index (χ0n) is 11.6. The van der Waals surface area contributed by atoms with E-state index in [1.165, 1.54) is 23.1 Å². The van der Waals surface area contributed by atoms with E-state index in [0.29, 0.717) is 21.3 Å². The Morgan fingerprint density at radius 3 is 2.82 bits per heavy atom. The van der Waals surface area contributed by atoms with Gasteiger partial charge in [-0.05, 0) is 24.6 Å². The highest BCUT2D eigenvalue weighted by Crippen LogP contribution is 2.36. The second kappa shape index (κ2) is 6.17. The molecule has 0 aliphatic heterocycles. The van der Waals surface area contributed by atoms with Crippen LogP contribution in [0, 0.1) is 19.3 Å². The van der Waals surface area contributed by atoms with Crippen LogP contribution in [0.5, 0.6) is 0 Å². The van der Waals surface area contributed by atoms with E-state index in [-0.39, 0.29) is 5.56 Å². The fourth-order valence-electron chi connectivity index (χ4n) is 2.24. The number of aromatic nitrogens is 2. The van der Waals surface area contributed by atoms with E-state index in [9.17, 15) is 4.79 Å². The summed E-state index contributed by atoms with van der Waals surface area (Å²) in [4.78, 5) is 21.5. The van der Waals surface area contributed by atoms with Crippen LogP contribution in [0.3, 0.4) is 0 Å². The summed E-state index contributed by atoms with van der Waals surface area (Å²) in [6.07, 6.45) is 5.24. The molecule has 110 valence electrons. The summed E-state index contributed by atoms with van der Waals surface area (Å²) in [6, 6.07) is 7.46. The lowest BCUT2D eigenvalue weighted by Gasteiger charge is -2.02. The molecule has 0 saturated heterocycles. The molecule has 22 heavy (non-hydrogen) atoms. The van der Waals surface area contributed by atoms with Gasteiger partial charge in [0, 0.05) is 15.5 Å². The standard InChI is InChI=1S/C16H11ClN2OS2/c1-3-8-21-16-18-14(20)13-12(9(2)22-15(13)19-16)10-4-6-11(17)7-5-10/h1,4-7H,8H2,2H3,(H,18,19,20). The molecule has 0 fully saturated rings. The highest BCUT2D eigenvalue weighted by atomic mass is 35.5. The molecular weight excluding hydrogens is 336 g/mol. The third kappa shape index (κ3) is 2.78. The van der Waals surface area contributed by atoms with Crippen molar-refractivity contribution in [3.63, 3.8) is 0 Å². The summed E-state index contributed by atoms with van der Waals surface area (Å²) in [5, 5.41) is 1.84. The smallest absolute Gasteiger partial charge is 0.260 e. The van der Waals surface area contributed by atoms with Gasteiger partial charge < -0.3 is 4.98 Å². The van der Waals surface area contributed by atoms with Gasteiger partial charge in [-0.1, -0.05) is 41.4 Å². The number of halogens is 1. The predicted molar refractivity (Wildman–Crippen MR) is 95.0 cm³/mol. The van der Waals surface area contributed by atoms with Gasteiger partial charge in [-0.2, -0.15) is 0 Å². The van der Waals surface area contributed by atoms with Crippen molar-refractivity contribution in [3.8, 4) is 23.5 Å². The molecule has 0 saturated carbocycles. The van der Waals surface area contributed by atoms with Gasteiger partial charge in [0.25, 0.3) is 5.56 Å². The second-order valence-electron chi connectivity index (χ2n) is 4.58. The summed E-state index contributed by atoms with van der Waals surface area (Å²) in [5.41, 5.74) is 1.74. The van der Waals surface area contributed by atoms with Crippen LogP contribution in [0.15, 0.2) is 34.2 Å². The first-order chi connectivity index (χ1) is 10.6. The number of aryl methyl sites for hydroxylation is 1. The van der Waals surface area contributed by atoms with Crippen molar-refractivity contribution in [3.05, 3.63) is 44.5 Å². The number of terminal acetylenes is 1. The largest absolute Gasteiger partial charge is 0.301 e. The lowest BCUT2D eigenvalue weighted by molar-refractivity contribution is 0.983.